The van der Waals surface area contributed by atoms with Crippen molar-refractivity contribution < 1.29 is 53.1 Å². The molecule has 24 nitrogen and oxygen atoms in total. The molecule has 15 N–H and O–H groups in total. The number of thioether (sulfide) groups is 1. The number of hydrogen-bond donors (Lipinski definition) is 11. The molecule has 2 saturated heterocycles. The number of hydrogen-bond acceptors (Lipinski definition) is 14. The lowest BCUT2D eigenvalue weighted by atomic mass is 10.0. The van der Waals surface area contributed by atoms with E-state index in [4.69, 9.17) is 22.9 Å². The summed E-state index contributed by atoms with van der Waals surface area (Å²) in [5.74, 6) is -6.08. The van der Waals surface area contributed by atoms with E-state index in [0.29, 0.717) is 48.8 Å². The Labute approximate surface area is 453 Å². The van der Waals surface area contributed by atoms with Gasteiger partial charge in [-0.25, -0.2) is 0 Å². The Morgan fingerprint density at radius 3 is 1.81 bits per heavy atom. The van der Waals surface area contributed by atoms with E-state index in [2.05, 4.69) is 36.9 Å². The number of carbonyl (C=O) groups excluding carboxylic acids is 10. The summed E-state index contributed by atoms with van der Waals surface area (Å²) in [6.07, 6.45) is 4.11. The van der Waals surface area contributed by atoms with Gasteiger partial charge in [0.2, 0.25) is 53.2 Å². The van der Waals surface area contributed by atoms with Crippen LogP contribution in [0.5, 0.6) is 5.75 Å². The fraction of sp³-hybridized carbons (Fsp3) is 0.558. The van der Waals surface area contributed by atoms with Gasteiger partial charge in [0.05, 0.1) is 18.5 Å². The molecular weight excluding hydrogens is 1010 g/mol. The van der Waals surface area contributed by atoms with E-state index in [0.717, 1.165) is 0 Å². The second-order valence-corrected chi connectivity index (χ2v) is 20.8. The van der Waals surface area contributed by atoms with Gasteiger partial charge in [0, 0.05) is 32.5 Å². The third-order valence-electron chi connectivity index (χ3n) is 13.1. The van der Waals surface area contributed by atoms with Crippen molar-refractivity contribution in [3.63, 3.8) is 0 Å². The summed E-state index contributed by atoms with van der Waals surface area (Å²) in [5, 5.41) is 25.9. The number of guanidine groups is 1. The minimum atomic E-state index is -1.60. The molecule has 0 aliphatic carbocycles. The molecule has 0 aromatic heterocycles. The molecule has 0 bridgehead atoms. The van der Waals surface area contributed by atoms with Crippen LogP contribution in [0.25, 0.3) is 0 Å². The Hall–Kier alpha value is -7.28. The number of phenols is 1. The largest absolute Gasteiger partial charge is 0.508 e. The number of nitrogens with one attached hydrogen (secondary N) is 6. The molecule has 2 aliphatic rings. The van der Waals surface area contributed by atoms with E-state index < -0.39 is 114 Å². The Bertz CT molecular complexity index is 2390. The summed E-state index contributed by atoms with van der Waals surface area (Å²) in [6.45, 7) is 5.62. The number of nitrogens with zero attached hydrogens (tertiary/aromatic N) is 3. The minimum Gasteiger partial charge on any atom is -0.508 e. The fourth-order valence-corrected chi connectivity index (χ4v) is 9.62. The van der Waals surface area contributed by atoms with E-state index in [-0.39, 0.29) is 75.8 Å². The van der Waals surface area contributed by atoms with E-state index in [9.17, 15) is 53.1 Å². The second kappa shape index (κ2) is 31.1. The van der Waals surface area contributed by atoms with Crippen molar-refractivity contribution >= 4 is 77.2 Å². The molecule has 0 radical (unpaired) electrons. The molecule has 2 aromatic carbocycles. The van der Waals surface area contributed by atoms with Crippen molar-refractivity contribution in [2.24, 2.45) is 33.8 Å². The maximum atomic E-state index is 14.6. The predicted octanol–water partition coefficient (Wildman–Crippen LogP) is -1.66. The van der Waals surface area contributed by atoms with Crippen LogP contribution in [0.15, 0.2) is 59.6 Å². The zero-order valence-corrected chi connectivity index (χ0v) is 45.1. The molecular formula is C52H77N13O11S. The first kappa shape index (κ1) is 62.3. The third kappa shape index (κ3) is 20.0. The first-order valence-corrected chi connectivity index (χ1v) is 27.3. The first-order valence-electron chi connectivity index (χ1n) is 25.9. The Kier molecular flexibility index (Phi) is 25.1. The van der Waals surface area contributed by atoms with Gasteiger partial charge in [0.1, 0.15) is 54.3 Å². The van der Waals surface area contributed by atoms with Crippen LogP contribution in [0.2, 0.25) is 0 Å². The predicted molar refractivity (Wildman–Crippen MR) is 289 cm³/mol. The van der Waals surface area contributed by atoms with E-state index in [1.54, 1.807) is 42.5 Å². The smallest absolute Gasteiger partial charge is 0.246 e. The molecule has 0 saturated carbocycles. The molecule has 2 aliphatic heterocycles. The molecule has 2 heterocycles. The first-order chi connectivity index (χ1) is 36.6. The number of aliphatic imine (C=N–C) groups is 1. The number of amides is 9. The lowest BCUT2D eigenvalue weighted by Crippen LogP contribution is -2.60. The highest BCUT2D eigenvalue weighted by Crippen LogP contribution is 2.22. The lowest BCUT2D eigenvalue weighted by Gasteiger charge is -2.31. The van der Waals surface area contributed by atoms with E-state index in [1.807, 2.05) is 20.1 Å². The molecule has 4 rings (SSSR count). The van der Waals surface area contributed by atoms with Crippen molar-refractivity contribution in [1.29, 1.82) is 0 Å². The highest BCUT2D eigenvalue weighted by atomic mass is 32.2. The molecule has 9 atom stereocenters. The van der Waals surface area contributed by atoms with E-state index in [1.165, 1.54) is 40.6 Å². The van der Waals surface area contributed by atoms with Gasteiger partial charge >= 0.3 is 0 Å². The normalized spacial score (nSPS) is 17.8. The summed E-state index contributed by atoms with van der Waals surface area (Å²) < 4.78 is 0. The average Bonchev–Trinajstić information content (AvgIpc) is 4.10. The van der Waals surface area contributed by atoms with Crippen LogP contribution in [0.3, 0.4) is 0 Å². The number of rotatable bonds is 30. The van der Waals surface area contributed by atoms with Crippen molar-refractivity contribution in [3.8, 4) is 5.75 Å². The van der Waals surface area contributed by atoms with Gasteiger partial charge in [-0.1, -0.05) is 56.3 Å². The van der Waals surface area contributed by atoms with Crippen molar-refractivity contribution in [2.45, 2.75) is 146 Å². The number of aromatic hydroxyl groups is 1. The molecule has 77 heavy (non-hydrogen) atoms. The quantitative estimate of drug-likeness (QED) is 0.0181. The zero-order chi connectivity index (χ0) is 56.8. The van der Waals surface area contributed by atoms with Crippen LogP contribution in [-0.2, 0) is 60.8 Å². The van der Waals surface area contributed by atoms with Gasteiger partial charge in [-0.05, 0) is 99.5 Å². The average molecular weight is 1090 g/mol. The maximum Gasteiger partial charge on any atom is 0.246 e. The highest BCUT2D eigenvalue weighted by molar-refractivity contribution is 7.98. The Balaban J connectivity index is 1.47. The van der Waals surface area contributed by atoms with Gasteiger partial charge in [-0.2, -0.15) is 11.8 Å². The number of nitrogens with two attached hydrogens (primary N) is 4. The van der Waals surface area contributed by atoms with Gasteiger partial charge in [0.25, 0.3) is 0 Å². The summed E-state index contributed by atoms with van der Waals surface area (Å²) in [6, 6.07) is 4.48. The summed E-state index contributed by atoms with van der Waals surface area (Å²) in [7, 11) is 0. The second-order valence-electron chi connectivity index (χ2n) is 19.8. The minimum absolute atomic E-state index is 0.00466. The number of likely N-dealkylation sites (tertiary alicyclic amines) is 2. The van der Waals surface area contributed by atoms with E-state index >= 15 is 0 Å². The van der Waals surface area contributed by atoms with Gasteiger partial charge in [-0.3, -0.25) is 48.1 Å². The highest BCUT2D eigenvalue weighted by Gasteiger charge is 2.42. The number of carbonyl (C=O) groups is 10. The standard InChI is InChI=1S/C52H77N13O11S/c1-30(2)25-34(29-66)59-47(72)38(26-33-16-18-35(67)19-17-33)61-48(73)41-14-9-22-64(41)50(75)31(3)58-46(71)39(28-43(54)68)62-49(74)42-15-10-23-65(42)51(76)40(27-32-11-6-5-7-12-32)63-45(70)37(20-24-77-4)60-44(69)36(53)13-8-21-57-52(55)56/h5-7,11-12,16-19,29-31,34,36-42,67H,8-10,13-15,20-28,53H2,1-4H3,(H2,54,68)(H,58,71)(H,59,72)(H,60,69)(H,61,73)(H,62,74)(H,63,70)(H4,55,56,57)/t31-,34-,36-,37-,38-,39-,40-,41-,42-/m0/s1. The molecule has 0 spiro atoms. The van der Waals surface area contributed by atoms with Crippen LogP contribution in [-0.4, -0.2) is 166 Å². The molecule has 25 heteroatoms. The monoisotopic (exact) mass is 1090 g/mol. The number of primary amides is 1. The summed E-state index contributed by atoms with van der Waals surface area (Å²) >= 11 is 1.45. The van der Waals surface area contributed by atoms with Crippen LogP contribution in [0.4, 0.5) is 0 Å². The van der Waals surface area contributed by atoms with Crippen molar-refractivity contribution in [2.75, 3.05) is 31.6 Å². The fourth-order valence-electron chi connectivity index (χ4n) is 9.15. The van der Waals surface area contributed by atoms with Crippen molar-refractivity contribution in [1.82, 2.24) is 41.7 Å². The Morgan fingerprint density at radius 1 is 0.688 bits per heavy atom. The molecule has 422 valence electrons. The molecule has 9 amide bonds. The van der Waals surface area contributed by atoms with Crippen LogP contribution < -0.4 is 54.8 Å². The van der Waals surface area contributed by atoms with Crippen LogP contribution >= 0.6 is 11.8 Å². The number of phenolic OH excluding ortho intramolecular Hbond substituents is 1. The topological polar surface area (TPSA) is 386 Å². The summed E-state index contributed by atoms with van der Waals surface area (Å²) in [5.41, 5.74) is 23.7. The van der Waals surface area contributed by atoms with Gasteiger partial charge < -0.3 is 74.5 Å². The van der Waals surface area contributed by atoms with Crippen LogP contribution in [0.1, 0.15) is 89.7 Å². The number of aldehydes is 1. The molecule has 2 fully saturated rings. The van der Waals surface area contributed by atoms with Gasteiger partial charge in [0.15, 0.2) is 5.96 Å². The van der Waals surface area contributed by atoms with Crippen molar-refractivity contribution in [3.05, 3.63) is 65.7 Å². The SMILES string of the molecule is CSCC[C@H](NC(=O)[C@@H](N)CCCN=C(N)N)C(=O)N[C@@H](Cc1ccccc1)C(=O)N1CCC[C@H]1C(=O)N[C@@H](CC(N)=O)C(=O)N[C@@H](C)C(=O)N1CCC[C@H]1C(=O)N[C@@H](Cc1ccc(O)cc1)C(=O)N[C@H](C=O)CC(C)C. The third-order valence-corrected chi connectivity index (χ3v) is 13.8. The maximum absolute atomic E-state index is 14.6. The zero-order valence-electron chi connectivity index (χ0n) is 44.2. The molecule has 0 unspecified atom stereocenters. The van der Waals surface area contributed by atoms with Crippen LogP contribution in [0, 0.1) is 5.92 Å². The van der Waals surface area contributed by atoms with Gasteiger partial charge in [-0.15, -0.1) is 0 Å². The molecule has 2 aromatic rings. The Morgan fingerprint density at radius 2 is 1.23 bits per heavy atom. The lowest BCUT2D eigenvalue weighted by molar-refractivity contribution is -0.143. The summed E-state index contributed by atoms with van der Waals surface area (Å²) in [4.78, 5) is 142. The number of benzene rings is 2.